The van der Waals surface area contributed by atoms with E-state index < -0.39 is 45.2 Å². The SMILES string of the molecule is CC(C)(C)OC(=O)NC1CCN(C(=O)C(NS(=O)(=O)c2ccc(OCC3CCCCC3)cc2)C(F)(F)c2ccc(Br)cc2)CC1. The molecule has 2 aromatic rings. The van der Waals surface area contributed by atoms with Crippen LogP contribution in [0.15, 0.2) is 57.9 Å². The fourth-order valence-electron chi connectivity index (χ4n) is 5.53. The van der Waals surface area contributed by atoms with Crippen LogP contribution in [0.3, 0.4) is 0 Å². The molecule has 9 nitrogen and oxygen atoms in total. The maximum absolute atomic E-state index is 16.1. The molecule has 2 amide bonds. The number of halogens is 3. The quantitative estimate of drug-likeness (QED) is 0.296. The Hall–Kier alpha value is -2.77. The van der Waals surface area contributed by atoms with Crippen molar-refractivity contribution in [2.24, 2.45) is 5.92 Å². The molecule has 2 aliphatic rings. The highest BCUT2D eigenvalue weighted by atomic mass is 79.9. The molecule has 1 saturated carbocycles. The lowest BCUT2D eigenvalue weighted by Crippen LogP contribution is -2.58. The Bertz CT molecular complexity index is 1400. The molecule has 0 aromatic heterocycles. The van der Waals surface area contributed by atoms with E-state index in [9.17, 15) is 18.0 Å². The minimum atomic E-state index is -4.55. The summed E-state index contributed by atoms with van der Waals surface area (Å²) in [5.41, 5.74) is -1.20. The zero-order chi connectivity index (χ0) is 32.8. The lowest BCUT2D eigenvalue weighted by Gasteiger charge is -2.36. The summed E-state index contributed by atoms with van der Waals surface area (Å²) in [4.78, 5) is 26.8. The van der Waals surface area contributed by atoms with E-state index in [4.69, 9.17) is 9.47 Å². The maximum Gasteiger partial charge on any atom is 0.407 e. The first-order valence-electron chi connectivity index (χ1n) is 15.3. The van der Waals surface area contributed by atoms with E-state index in [1.165, 1.54) is 60.6 Å². The Morgan fingerprint density at radius 2 is 1.56 bits per heavy atom. The second kappa shape index (κ2) is 14.8. The molecule has 1 heterocycles. The van der Waals surface area contributed by atoms with Crippen molar-refractivity contribution in [2.45, 2.75) is 94.2 Å². The number of likely N-dealkylation sites (tertiary alicyclic amines) is 1. The molecule has 4 rings (SSSR count). The summed E-state index contributed by atoms with van der Waals surface area (Å²) < 4.78 is 72.7. The summed E-state index contributed by atoms with van der Waals surface area (Å²) in [6.07, 6.45) is 5.72. The number of benzene rings is 2. The van der Waals surface area contributed by atoms with E-state index in [1.807, 2.05) is 4.72 Å². The van der Waals surface area contributed by atoms with E-state index >= 15 is 8.78 Å². The third kappa shape index (κ3) is 9.86. The maximum atomic E-state index is 16.1. The number of piperidine rings is 1. The van der Waals surface area contributed by atoms with Crippen LogP contribution in [0.25, 0.3) is 0 Å². The van der Waals surface area contributed by atoms with Crippen LogP contribution < -0.4 is 14.8 Å². The first-order valence-corrected chi connectivity index (χ1v) is 17.6. The first-order chi connectivity index (χ1) is 21.1. The van der Waals surface area contributed by atoms with Gasteiger partial charge in [0.05, 0.1) is 11.5 Å². The van der Waals surface area contributed by atoms with Gasteiger partial charge in [0.1, 0.15) is 11.4 Å². The largest absolute Gasteiger partial charge is 0.493 e. The number of amides is 2. The summed E-state index contributed by atoms with van der Waals surface area (Å²) in [6, 6.07) is 7.90. The highest BCUT2D eigenvalue weighted by molar-refractivity contribution is 9.10. The van der Waals surface area contributed by atoms with Crippen LogP contribution in [0.1, 0.15) is 71.3 Å². The Balaban J connectivity index is 1.48. The van der Waals surface area contributed by atoms with Crippen molar-refractivity contribution in [1.29, 1.82) is 0 Å². The number of ether oxygens (including phenoxy) is 2. The number of nitrogens with zero attached hydrogens (tertiary/aromatic N) is 1. The molecule has 1 unspecified atom stereocenters. The number of hydrogen-bond acceptors (Lipinski definition) is 6. The zero-order valence-electron chi connectivity index (χ0n) is 25.9. The third-order valence-corrected chi connectivity index (χ3v) is 9.95. The van der Waals surface area contributed by atoms with Crippen molar-refractivity contribution in [3.63, 3.8) is 0 Å². The molecule has 0 bridgehead atoms. The third-order valence-electron chi connectivity index (χ3n) is 7.98. The molecule has 0 spiro atoms. The average Bonchev–Trinajstić information content (AvgIpc) is 2.99. The normalized spacial score (nSPS) is 17.9. The van der Waals surface area contributed by atoms with Gasteiger partial charge in [-0.05, 0) is 88.8 Å². The summed E-state index contributed by atoms with van der Waals surface area (Å²) in [5, 5.41) is 2.74. The van der Waals surface area contributed by atoms with Crippen molar-refractivity contribution >= 4 is 38.0 Å². The lowest BCUT2D eigenvalue weighted by molar-refractivity contribution is -0.145. The molecule has 0 radical (unpaired) electrons. The molecule has 13 heteroatoms. The molecule has 248 valence electrons. The van der Waals surface area contributed by atoms with Crippen molar-refractivity contribution in [3.05, 3.63) is 58.6 Å². The predicted molar refractivity (Wildman–Crippen MR) is 170 cm³/mol. The number of rotatable bonds is 10. The Morgan fingerprint density at radius 3 is 2.13 bits per heavy atom. The minimum absolute atomic E-state index is 0.0426. The number of sulfonamides is 1. The predicted octanol–water partition coefficient (Wildman–Crippen LogP) is 6.36. The van der Waals surface area contributed by atoms with Gasteiger partial charge in [-0.3, -0.25) is 4.79 Å². The molecule has 2 fully saturated rings. The number of nitrogens with one attached hydrogen (secondary N) is 2. The second-order valence-corrected chi connectivity index (χ2v) is 15.3. The number of hydrogen-bond donors (Lipinski definition) is 2. The Morgan fingerprint density at radius 1 is 0.956 bits per heavy atom. The van der Waals surface area contributed by atoms with Gasteiger partial charge < -0.3 is 19.7 Å². The summed E-state index contributed by atoms with van der Waals surface area (Å²) in [6.45, 7) is 5.83. The van der Waals surface area contributed by atoms with Gasteiger partial charge in [0, 0.05) is 29.2 Å². The fourth-order valence-corrected chi connectivity index (χ4v) is 6.98. The molecule has 1 aliphatic carbocycles. The molecule has 2 aromatic carbocycles. The fraction of sp³-hybridized carbons (Fsp3) is 0.562. The van der Waals surface area contributed by atoms with Gasteiger partial charge in [-0.25, -0.2) is 13.2 Å². The first kappa shape index (κ1) is 35.1. The van der Waals surface area contributed by atoms with E-state index in [0.717, 1.165) is 25.0 Å². The Labute approximate surface area is 272 Å². The van der Waals surface area contributed by atoms with E-state index in [-0.39, 0.29) is 36.9 Å². The van der Waals surface area contributed by atoms with Crippen LogP contribution >= 0.6 is 15.9 Å². The van der Waals surface area contributed by atoms with Gasteiger partial charge in [-0.1, -0.05) is 47.3 Å². The van der Waals surface area contributed by atoms with Gasteiger partial charge in [-0.2, -0.15) is 13.5 Å². The van der Waals surface area contributed by atoms with Crippen LogP contribution in [-0.4, -0.2) is 62.7 Å². The van der Waals surface area contributed by atoms with Crippen LogP contribution in [-0.2, 0) is 25.5 Å². The molecular weight excluding hydrogens is 672 g/mol. The standard InChI is InChI=1S/C32H42BrF2N3O6S/c1-31(2,3)44-30(40)36-25-17-19-38(20-18-25)29(39)28(32(34,35)23-9-11-24(33)12-10-23)37-45(41,42)27-15-13-26(14-16-27)43-21-22-7-5-4-6-8-22/h9-16,22,25,28,37H,4-8,17-21H2,1-3H3,(H,36,40). The minimum Gasteiger partial charge on any atom is -0.493 e. The number of carbonyl (C=O) groups excluding carboxylic acids is 2. The molecule has 45 heavy (non-hydrogen) atoms. The van der Waals surface area contributed by atoms with Crippen LogP contribution in [0, 0.1) is 5.92 Å². The van der Waals surface area contributed by atoms with Gasteiger partial charge in [0.2, 0.25) is 15.9 Å². The van der Waals surface area contributed by atoms with Crippen molar-refractivity contribution in [2.75, 3.05) is 19.7 Å². The van der Waals surface area contributed by atoms with Crippen molar-refractivity contribution in [3.8, 4) is 5.75 Å². The van der Waals surface area contributed by atoms with Gasteiger partial charge in [0.15, 0.2) is 6.04 Å². The highest BCUT2D eigenvalue weighted by Gasteiger charge is 2.50. The summed E-state index contributed by atoms with van der Waals surface area (Å²) >= 11 is 3.22. The highest BCUT2D eigenvalue weighted by Crippen LogP contribution is 2.35. The molecule has 2 N–H and O–H groups in total. The van der Waals surface area contributed by atoms with E-state index in [0.29, 0.717) is 22.7 Å². The number of alkyl halides is 2. The smallest absolute Gasteiger partial charge is 0.407 e. The average molecular weight is 715 g/mol. The van der Waals surface area contributed by atoms with Gasteiger partial charge in [-0.15, -0.1) is 0 Å². The topological polar surface area (TPSA) is 114 Å². The Kier molecular flexibility index (Phi) is 11.5. The lowest BCUT2D eigenvalue weighted by atomic mass is 9.90. The van der Waals surface area contributed by atoms with Crippen molar-refractivity contribution in [1.82, 2.24) is 14.9 Å². The van der Waals surface area contributed by atoms with E-state index in [2.05, 4.69) is 21.2 Å². The van der Waals surface area contributed by atoms with E-state index in [1.54, 1.807) is 20.8 Å². The van der Waals surface area contributed by atoms with Crippen LogP contribution in [0.5, 0.6) is 5.75 Å². The monoisotopic (exact) mass is 713 g/mol. The summed E-state index contributed by atoms with van der Waals surface area (Å²) in [7, 11) is -4.55. The number of carbonyl (C=O) groups is 2. The molecular formula is C32H42BrF2N3O6S. The molecule has 1 aliphatic heterocycles. The van der Waals surface area contributed by atoms with Crippen LogP contribution in [0.2, 0.25) is 0 Å². The van der Waals surface area contributed by atoms with Crippen molar-refractivity contribution < 1.29 is 36.3 Å². The summed E-state index contributed by atoms with van der Waals surface area (Å²) in [5.74, 6) is -4.01. The number of alkyl carbamates (subject to hydrolysis) is 1. The van der Waals surface area contributed by atoms with Gasteiger partial charge >= 0.3 is 6.09 Å². The second-order valence-electron chi connectivity index (χ2n) is 12.7. The zero-order valence-corrected chi connectivity index (χ0v) is 28.3. The van der Waals surface area contributed by atoms with Gasteiger partial charge in [0.25, 0.3) is 5.92 Å². The van der Waals surface area contributed by atoms with Crippen LogP contribution in [0.4, 0.5) is 13.6 Å². The molecule has 1 atom stereocenters. The molecule has 1 saturated heterocycles.